The van der Waals surface area contributed by atoms with Gasteiger partial charge in [-0.1, -0.05) is 29.8 Å². The zero-order valence-corrected chi connectivity index (χ0v) is 24.5. The lowest BCUT2D eigenvalue weighted by atomic mass is 9.88. The molecule has 0 saturated heterocycles. The lowest BCUT2D eigenvalue weighted by Crippen LogP contribution is -2.52. The number of hydrogen-bond acceptors (Lipinski definition) is 7. The monoisotopic (exact) mass is 597 g/mol. The summed E-state index contributed by atoms with van der Waals surface area (Å²) in [7, 11) is -3.98. The van der Waals surface area contributed by atoms with E-state index in [4.69, 9.17) is 11.6 Å². The van der Waals surface area contributed by atoms with Crippen LogP contribution in [0.3, 0.4) is 0 Å². The van der Waals surface area contributed by atoms with Gasteiger partial charge in [0.25, 0.3) is 10.0 Å². The average Bonchev–Trinajstić information content (AvgIpc) is 3.28. The van der Waals surface area contributed by atoms with E-state index in [9.17, 15) is 23.4 Å². The number of amides is 1. The lowest BCUT2D eigenvalue weighted by Gasteiger charge is -2.42. The van der Waals surface area contributed by atoms with Crippen LogP contribution in [0.25, 0.3) is 22.2 Å². The fourth-order valence-electron chi connectivity index (χ4n) is 5.59. The molecule has 0 spiro atoms. The van der Waals surface area contributed by atoms with Gasteiger partial charge in [0.1, 0.15) is 16.7 Å². The molecule has 10 nitrogen and oxygen atoms in total. The van der Waals surface area contributed by atoms with Crippen molar-refractivity contribution in [1.29, 1.82) is 0 Å². The Bertz CT molecular complexity index is 1690. The number of anilines is 1. The molecule has 3 N–H and O–H groups in total. The first-order valence-electron chi connectivity index (χ1n) is 13.3. The Morgan fingerprint density at radius 2 is 1.78 bits per heavy atom. The second-order valence-corrected chi connectivity index (χ2v) is 13.5. The fraction of sp³-hybridized carbons (Fsp3) is 0.345. The van der Waals surface area contributed by atoms with Crippen LogP contribution in [0.4, 0.5) is 10.6 Å². The summed E-state index contributed by atoms with van der Waals surface area (Å²) in [5.74, 6) is 0.413. The van der Waals surface area contributed by atoms with Gasteiger partial charge in [0.15, 0.2) is 5.65 Å². The molecule has 0 radical (unpaired) electrons. The van der Waals surface area contributed by atoms with Crippen LogP contribution in [-0.2, 0) is 10.0 Å². The third-order valence-electron chi connectivity index (χ3n) is 7.35. The first kappa shape index (κ1) is 28.7. The summed E-state index contributed by atoms with van der Waals surface area (Å²) in [6, 6.07) is 13.0. The van der Waals surface area contributed by atoms with E-state index in [2.05, 4.69) is 15.3 Å². The molecule has 1 fully saturated rings. The minimum absolute atomic E-state index is 0.0613. The van der Waals surface area contributed by atoms with Crippen molar-refractivity contribution in [3.05, 3.63) is 66.1 Å². The highest BCUT2D eigenvalue weighted by atomic mass is 35.5. The molecule has 0 unspecified atom stereocenters. The number of fused-ring (bicyclic) bond motifs is 1. The molecule has 12 heteroatoms. The third-order valence-corrected chi connectivity index (χ3v) is 9.20. The van der Waals surface area contributed by atoms with Crippen LogP contribution >= 0.6 is 11.6 Å². The van der Waals surface area contributed by atoms with E-state index in [0.717, 1.165) is 16.8 Å². The van der Waals surface area contributed by atoms with Crippen molar-refractivity contribution < 1.29 is 23.4 Å². The highest BCUT2D eigenvalue weighted by Gasteiger charge is 2.35. The number of halogens is 1. The van der Waals surface area contributed by atoms with Gasteiger partial charge in [-0.15, -0.1) is 0 Å². The van der Waals surface area contributed by atoms with Gasteiger partial charge in [0.2, 0.25) is 0 Å². The molecule has 0 atom stereocenters. The maximum Gasteiger partial charge on any atom is 0.407 e. The van der Waals surface area contributed by atoms with Crippen molar-refractivity contribution in [3.63, 3.8) is 0 Å². The quantitative estimate of drug-likeness (QED) is 0.223. The van der Waals surface area contributed by atoms with Crippen LogP contribution in [0.5, 0.6) is 5.75 Å². The summed E-state index contributed by atoms with van der Waals surface area (Å²) in [6.07, 6.45) is 4.70. The largest absolute Gasteiger partial charge is 0.506 e. The number of nitrogens with zero attached hydrogens (tertiary/aromatic N) is 4. The third kappa shape index (κ3) is 5.82. The van der Waals surface area contributed by atoms with Gasteiger partial charge in [-0.05, 0) is 82.3 Å². The predicted molar refractivity (Wildman–Crippen MR) is 158 cm³/mol. The standard InChI is InChI=1S/C29H32ClN5O5S/c1-29(2,3)35(28(37)38)20-11-9-19(10-12-20)32-26-14-18(13-25(30)33-26)24-17-34(27-23(24)15-21(36)16-31-27)41(39,40)22-7-5-4-6-8-22/h4-8,13-17,19-20,36H,9-12H2,1-3H3,(H,32,33)(H,37,38). The Hall–Kier alpha value is -3.83. The first-order chi connectivity index (χ1) is 19.3. The van der Waals surface area contributed by atoms with Crippen LogP contribution in [0.2, 0.25) is 5.15 Å². The van der Waals surface area contributed by atoms with Crippen molar-refractivity contribution in [1.82, 2.24) is 18.8 Å². The van der Waals surface area contributed by atoms with Crippen LogP contribution in [-0.4, -0.2) is 61.2 Å². The molecular formula is C29H32ClN5O5S. The molecule has 3 heterocycles. The zero-order chi connectivity index (χ0) is 29.5. The number of carbonyl (C=O) groups is 1. The molecule has 0 aliphatic heterocycles. The topological polar surface area (TPSA) is 138 Å². The van der Waals surface area contributed by atoms with Crippen molar-refractivity contribution >= 4 is 44.6 Å². The summed E-state index contributed by atoms with van der Waals surface area (Å²) < 4.78 is 28.2. The van der Waals surface area contributed by atoms with Gasteiger partial charge < -0.3 is 20.4 Å². The van der Waals surface area contributed by atoms with Crippen molar-refractivity contribution in [2.75, 3.05) is 5.32 Å². The summed E-state index contributed by atoms with van der Waals surface area (Å²) in [5, 5.41) is 24.0. The molecule has 1 aromatic carbocycles. The highest BCUT2D eigenvalue weighted by molar-refractivity contribution is 7.90. The summed E-state index contributed by atoms with van der Waals surface area (Å²) in [6.45, 7) is 5.71. The Morgan fingerprint density at radius 1 is 1.10 bits per heavy atom. The van der Waals surface area contributed by atoms with Gasteiger partial charge in [0.05, 0.1) is 11.1 Å². The van der Waals surface area contributed by atoms with E-state index < -0.39 is 21.7 Å². The molecule has 0 bridgehead atoms. The van der Waals surface area contributed by atoms with E-state index in [0.29, 0.717) is 35.2 Å². The first-order valence-corrected chi connectivity index (χ1v) is 15.1. The Balaban J connectivity index is 1.45. The number of nitrogens with one attached hydrogen (secondary N) is 1. The van der Waals surface area contributed by atoms with Crippen LogP contribution < -0.4 is 5.32 Å². The van der Waals surface area contributed by atoms with Gasteiger partial charge in [-0.2, -0.15) is 0 Å². The number of rotatable bonds is 6. The van der Waals surface area contributed by atoms with E-state index >= 15 is 0 Å². The second kappa shape index (κ2) is 10.9. The molecular weight excluding hydrogens is 566 g/mol. The number of pyridine rings is 2. The molecule has 3 aromatic heterocycles. The normalized spacial score (nSPS) is 17.9. The smallest absolute Gasteiger partial charge is 0.407 e. The zero-order valence-electron chi connectivity index (χ0n) is 23.0. The molecule has 1 saturated carbocycles. The molecule has 216 valence electrons. The maximum absolute atomic E-state index is 13.5. The number of aromatic nitrogens is 3. The van der Waals surface area contributed by atoms with Crippen LogP contribution in [0, 0.1) is 0 Å². The SMILES string of the molecule is CC(C)(C)N(C(=O)O)C1CCC(Nc2cc(-c3cn(S(=O)(=O)c4ccccc4)c4ncc(O)cc34)cc(Cl)n2)CC1. The number of hydrogen-bond donors (Lipinski definition) is 3. The second-order valence-electron chi connectivity index (χ2n) is 11.3. The minimum atomic E-state index is -3.98. The fourth-order valence-corrected chi connectivity index (χ4v) is 7.15. The molecule has 1 aliphatic rings. The molecule has 1 amide bonds. The molecule has 1 aliphatic carbocycles. The number of benzene rings is 1. The lowest BCUT2D eigenvalue weighted by molar-refractivity contribution is 0.0556. The number of carboxylic acid groups (broad SMARTS) is 1. The van der Waals surface area contributed by atoms with Crippen LogP contribution in [0.1, 0.15) is 46.5 Å². The van der Waals surface area contributed by atoms with Gasteiger partial charge in [0, 0.05) is 34.8 Å². The van der Waals surface area contributed by atoms with E-state index in [1.54, 1.807) is 35.2 Å². The van der Waals surface area contributed by atoms with E-state index in [1.165, 1.54) is 30.6 Å². The molecule has 4 aromatic rings. The maximum atomic E-state index is 13.5. The molecule has 41 heavy (non-hydrogen) atoms. The summed E-state index contributed by atoms with van der Waals surface area (Å²) in [5.41, 5.74) is 0.798. The molecule has 5 rings (SSSR count). The summed E-state index contributed by atoms with van der Waals surface area (Å²) in [4.78, 5) is 22.2. The van der Waals surface area contributed by atoms with Gasteiger partial charge in [-0.3, -0.25) is 0 Å². The Labute approximate surface area is 243 Å². The highest BCUT2D eigenvalue weighted by Crippen LogP contribution is 2.36. The van der Waals surface area contributed by atoms with Crippen molar-refractivity contribution in [3.8, 4) is 16.9 Å². The van der Waals surface area contributed by atoms with Crippen molar-refractivity contribution in [2.45, 2.75) is 69.0 Å². The Morgan fingerprint density at radius 3 is 2.41 bits per heavy atom. The van der Waals surface area contributed by atoms with Gasteiger partial charge in [-0.25, -0.2) is 27.2 Å². The van der Waals surface area contributed by atoms with Crippen molar-refractivity contribution in [2.24, 2.45) is 0 Å². The average molecular weight is 598 g/mol. The summed E-state index contributed by atoms with van der Waals surface area (Å²) >= 11 is 6.43. The van der Waals surface area contributed by atoms with Gasteiger partial charge >= 0.3 is 6.09 Å². The minimum Gasteiger partial charge on any atom is -0.506 e. The van der Waals surface area contributed by atoms with Crippen LogP contribution in [0.15, 0.2) is 65.8 Å². The van der Waals surface area contributed by atoms with E-state index in [-0.39, 0.29) is 33.5 Å². The Kier molecular flexibility index (Phi) is 7.60. The predicted octanol–water partition coefficient (Wildman–Crippen LogP) is 6.20. The number of aromatic hydroxyl groups is 1. The van der Waals surface area contributed by atoms with E-state index in [1.807, 2.05) is 20.8 Å².